The van der Waals surface area contributed by atoms with E-state index in [2.05, 4.69) is 20.7 Å². The van der Waals surface area contributed by atoms with Gasteiger partial charge >= 0.3 is 12.2 Å². The van der Waals surface area contributed by atoms with Crippen molar-refractivity contribution >= 4 is 61.8 Å². The Morgan fingerprint density at radius 2 is 1.30 bits per heavy atom. The Kier molecular flexibility index (Phi) is 16.1. The molecule has 67 heavy (non-hydrogen) atoms. The number of methoxy groups -OCH3 is 3. The number of hydrogen-bond acceptors (Lipinski definition) is 13. The number of alkyl carbamates (subject to hydrolysis) is 1. The van der Waals surface area contributed by atoms with Crippen LogP contribution in [0, 0.1) is 3.57 Å². The minimum atomic E-state index is -4.81. The second kappa shape index (κ2) is 21.2. The Labute approximate surface area is 406 Å². The van der Waals surface area contributed by atoms with Crippen LogP contribution >= 0.6 is 22.6 Å². The third-order valence-electron chi connectivity index (χ3n) is 10.2. The zero-order valence-corrected chi connectivity index (χ0v) is 42.4. The zero-order chi connectivity index (χ0) is 48.8. The summed E-state index contributed by atoms with van der Waals surface area (Å²) in [5.41, 5.74) is -0.0981. The molecular formula is C45H55IN8O11S2. The number of aromatic nitrogens is 4. The van der Waals surface area contributed by atoms with E-state index < -0.39 is 61.7 Å². The lowest BCUT2D eigenvalue weighted by atomic mass is 10.1. The smallest absolute Gasteiger partial charge is 0.410 e. The van der Waals surface area contributed by atoms with Gasteiger partial charge in [0.15, 0.2) is 0 Å². The van der Waals surface area contributed by atoms with Crippen LogP contribution in [0.4, 0.5) is 15.3 Å². The lowest BCUT2D eigenvalue weighted by Crippen LogP contribution is -2.53. The van der Waals surface area contributed by atoms with Crippen molar-refractivity contribution in [2.45, 2.75) is 89.4 Å². The first-order valence-electron chi connectivity index (χ1n) is 21.0. The van der Waals surface area contributed by atoms with Gasteiger partial charge in [0.05, 0.1) is 51.2 Å². The van der Waals surface area contributed by atoms with Crippen LogP contribution in [-0.2, 0) is 50.4 Å². The number of likely N-dealkylation sites (tertiary alicyclic amines) is 1. The maximum absolute atomic E-state index is 16.0. The van der Waals surface area contributed by atoms with Gasteiger partial charge in [-0.1, -0.05) is 36.4 Å². The average Bonchev–Trinajstić information content (AvgIpc) is 3.90. The number of tetrazole rings is 1. The fraction of sp³-hybridized carbons (Fsp3) is 0.400. The number of ether oxygens (including phenoxy) is 5. The lowest BCUT2D eigenvalue weighted by Gasteiger charge is -2.34. The fourth-order valence-corrected chi connectivity index (χ4v) is 10.7. The number of sulfonamides is 1. The molecule has 1 saturated heterocycles. The first-order chi connectivity index (χ1) is 31.6. The maximum atomic E-state index is 16.0. The van der Waals surface area contributed by atoms with Crippen LogP contribution < -0.4 is 23.8 Å². The average molecular weight is 1080 g/mol. The molecule has 1 aliphatic heterocycles. The fourth-order valence-electron chi connectivity index (χ4n) is 7.20. The van der Waals surface area contributed by atoms with Gasteiger partial charge in [-0.25, -0.2) is 22.2 Å². The summed E-state index contributed by atoms with van der Waals surface area (Å²) in [4.78, 5) is 29.2. The molecule has 1 aliphatic rings. The molecule has 1 unspecified atom stereocenters. The number of carbonyl (C=O) groups excluding carboxylic acids is 2. The van der Waals surface area contributed by atoms with E-state index in [1.165, 1.54) is 34.3 Å². The van der Waals surface area contributed by atoms with E-state index in [-0.39, 0.29) is 49.8 Å². The molecule has 0 radical (unpaired) electrons. The van der Waals surface area contributed by atoms with Gasteiger partial charge in [-0.05, 0) is 135 Å². The number of benzene rings is 4. The molecule has 0 spiro atoms. The summed E-state index contributed by atoms with van der Waals surface area (Å²) in [6.07, 6.45) is -1.62. The summed E-state index contributed by atoms with van der Waals surface area (Å²) < 4.78 is 87.4. The minimum Gasteiger partial charge on any atom is -0.497 e. The Balaban J connectivity index is 1.57. The summed E-state index contributed by atoms with van der Waals surface area (Å²) in [5, 5.41) is 16.1. The number of amides is 2. The highest BCUT2D eigenvalue weighted by atomic mass is 127. The second-order valence-corrected chi connectivity index (χ2v) is 21.4. The maximum Gasteiger partial charge on any atom is 0.410 e. The summed E-state index contributed by atoms with van der Waals surface area (Å²) in [6.45, 7) is 9.47. The molecule has 6 rings (SSSR count). The molecule has 22 heteroatoms. The van der Waals surface area contributed by atoms with Crippen molar-refractivity contribution in [2.24, 2.45) is 0 Å². The molecule has 3 atom stereocenters. The van der Waals surface area contributed by atoms with E-state index in [0.29, 0.717) is 31.9 Å². The number of hydrogen-bond donors (Lipinski definition) is 2. The number of carbonyl (C=O) groups is 2. The molecule has 0 bridgehead atoms. The Morgan fingerprint density at radius 1 is 0.791 bits per heavy atom. The Bertz CT molecular complexity index is 2610. The van der Waals surface area contributed by atoms with Crippen molar-refractivity contribution in [3.8, 4) is 28.6 Å². The first kappa shape index (κ1) is 50.8. The van der Waals surface area contributed by atoms with Crippen molar-refractivity contribution in [2.75, 3.05) is 38.7 Å². The molecule has 0 saturated carbocycles. The molecule has 1 aromatic heterocycles. The predicted molar refractivity (Wildman–Crippen MR) is 258 cm³/mol. The highest BCUT2D eigenvalue weighted by Gasteiger charge is 2.46. The highest BCUT2D eigenvalue weighted by molar-refractivity contribution is 14.1. The van der Waals surface area contributed by atoms with Crippen LogP contribution in [0.3, 0.4) is 0 Å². The topological polar surface area (TPSA) is 217 Å². The van der Waals surface area contributed by atoms with Gasteiger partial charge in [-0.15, -0.1) is 10.2 Å². The molecule has 2 heterocycles. The summed E-state index contributed by atoms with van der Waals surface area (Å²) in [5.74, 6) is 1.68. The minimum absolute atomic E-state index is 0.0114. The molecule has 360 valence electrons. The Hall–Kier alpha value is -5.56. The zero-order valence-electron chi connectivity index (χ0n) is 38.6. The molecule has 2 N–H and O–H groups in total. The standard InChI is InChI=1S/C45H55IN8O11S2/c1-44(2,3)64-42(55)47-36-27-51(43(56)65-45(4,5)6)28-38(36)54(66(57)58)37-23-22-35(46)39(41-48-50-53(49-41)26-31-14-20-34(63-9)21-15-31)40(37)67(59,60)52(24-29-10-16-32(61-7)17-11-29)25-30-12-18-33(62-8)19-13-30/h10-23,36,38H,24-28H2,1-9H3,(H,47,55)(H,57,58)/t36-,38-/m0/s1. The Morgan fingerprint density at radius 3 is 1.78 bits per heavy atom. The van der Waals surface area contributed by atoms with Gasteiger partial charge in [-0.3, -0.25) is 8.86 Å². The van der Waals surface area contributed by atoms with Crippen LogP contribution in [0.15, 0.2) is 89.8 Å². The van der Waals surface area contributed by atoms with Crippen molar-refractivity contribution in [1.29, 1.82) is 0 Å². The quantitative estimate of drug-likeness (QED) is 0.0762. The number of halogens is 1. The van der Waals surface area contributed by atoms with Crippen molar-refractivity contribution in [3.63, 3.8) is 0 Å². The van der Waals surface area contributed by atoms with E-state index in [9.17, 15) is 18.4 Å². The number of nitrogens with one attached hydrogen (secondary N) is 1. The van der Waals surface area contributed by atoms with E-state index in [1.54, 1.807) is 115 Å². The third-order valence-corrected chi connectivity index (χ3v) is 13.8. The van der Waals surface area contributed by atoms with Crippen molar-refractivity contribution in [3.05, 3.63) is 105 Å². The molecular weight excluding hydrogens is 1020 g/mol. The number of nitrogens with zero attached hydrogens (tertiary/aromatic N) is 7. The summed E-state index contributed by atoms with van der Waals surface area (Å²) >= 11 is -1.03. The lowest BCUT2D eigenvalue weighted by molar-refractivity contribution is 0.0281. The van der Waals surface area contributed by atoms with Crippen molar-refractivity contribution in [1.82, 2.24) is 34.7 Å². The van der Waals surface area contributed by atoms with Gasteiger partial charge in [0, 0.05) is 29.7 Å². The van der Waals surface area contributed by atoms with Crippen LogP contribution in [0.2, 0.25) is 0 Å². The van der Waals surface area contributed by atoms with Crippen LogP contribution in [-0.4, -0.2) is 116 Å². The summed E-state index contributed by atoms with van der Waals surface area (Å²) in [7, 11) is -0.201. The molecule has 0 aliphatic carbocycles. The second-order valence-electron chi connectivity index (χ2n) is 17.5. The highest BCUT2D eigenvalue weighted by Crippen LogP contribution is 2.42. The number of anilines is 1. The van der Waals surface area contributed by atoms with Crippen LogP contribution in [0.25, 0.3) is 11.4 Å². The predicted octanol–water partition coefficient (Wildman–Crippen LogP) is 6.87. The largest absolute Gasteiger partial charge is 0.497 e. The van der Waals surface area contributed by atoms with E-state index in [4.69, 9.17) is 23.7 Å². The first-order valence-corrected chi connectivity index (χ1v) is 24.5. The molecule has 2 amide bonds. The monoisotopic (exact) mass is 1070 g/mol. The SMILES string of the molecule is COc1ccc(CN(Cc2ccc(OC)cc2)S(=O)(=O)c2c(N([C@H]3CN(C(=O)OC(C)(C)C)C[C@@H]3NC(=O)OC(C)(C)C)S(=O)O)ccc(I)c2-c2nnn(Cc3ccc(OC)cc3)n2)cc1. The normalized spacial score (nSPS) is 15.8. The van der Waals surface area contributed by atoms with E-state index in [1.807, 2.05) is 34.7 Å². The van der Waals surface area contributed by atoms with E-state index >= 15 is 8.42 Å². The van der Waals surface area contributed by atoms with Gasteiger partial charge < -0.3 is 33.9 Å². The van der Waals surface area contributed by atoms with Crippen molar-refractivity contribution < 1.29 is 50.5 Å². The molecule has 5 aromatic rings. The van der Waals surface area contributed by atoms with Gasteiger partial charge in [0.25, 0.3) is 11.3 Å². The van der Waals surface area contributed by atoms with Gasteiger partial charge in [0.1, 0.15) is 33.3 Å². The molecule has 4 aromatic carbocycles. The summed E-state index contributed by atoms with van der Waals surface area (Å²) in [6, 6.07) is 21.7. The van der Waals surface area contributed by atoms with Crippen LogP contribution in [0.5, 0.6) is 17.2 Å². The molecule has 1 fully saturated rings. The molecule has 19 nitrogen and oxygen atoms in total. The van der Waals surface area contributed by atoms with E-state index in [0.717, 1.165) is 9.87 Å². The van der Waals surface area contributed by atoms with Gasteiger partial charge in [0.2, 0.25) is 15.8 Å². The number of rotatable bonds is 16. The van der Waals surface area contributed by atoms with Gasteiger partial charge in [-0.2, -0.15) is 9.10 Å². The third kappa shape index (κ3) is 12.9. The van der Waals surface area contributed by atoms with Crippen LogP contribution in [0.1, 0.15) is 58.2 Å².